The van der Waals surface area contributed by atoms with E-state index in [-0.39, 0.29) is 39.6 Å². The highest BCUT2D eigenvalue weighted by atomic mass is 19.4. The molecule has 0 saturated heterocycles. The van der Waals surface area contributed by atoms with Gasteiger partial charge in [-0.2, -0.15) is 13.2 Å². The Labute approximate surface area is 215 Å². The number of fused-ring (bicyclic) bond motifs is 1. The van der Waals surface area contributed by atoms with Crippen molar-refractivity contribution < 1.29 is 31.9 Å². The van der Waals surface area contributed by atoms with E-state index in [4.69, 9.17) is 14.9 Å². The SMILES string of the molecule is COc1ccc(-c2nc(C(=O)N[C@H](C)C(=O)Nc3ccccc3)c([C@H](C)N)o2)c2ccc(C(F)(F)F)nc12. The number of anilines is 1. The van der Waals surface area contributed by atoms with Crippen molar-refractivity contribution in [1.29, 1.82) is 0 Å². The lowest BCUT2D eigenvalue weighted by Gasteiger charge is -2.14. The van der Waals surface area contributed by atoms with Crippen LogP contribution in [0.5, 0.6) is 5.75 Å². The number of nitrogens with one attached hydrogen (secondary N) is 2. The van der Waals surface area contributed by atoms with Gasteiger partial charge < -0.3 is 25.5 Å². The number of ether oxygens (including phenoxy) is 1. The van der Waals surface area contributed by atoms with Crippen molar-refractivity contribution in [2.75, 3.05) is 12.4 Å². The molecule has 198 valence electrons. The predicted molar refractivity (Wildman–Crippen MR) is 133 cm³/mol. The summed E-state index contributed by atoms with van der Waals surface area (Å²) in [4.78, 5) is 33.6. The minimum absolute atomic E-state index is 0.0389. The zero-order valence-electron chi connectivity index (χ0n) is 20.6. The molecule has 0 bridgehead atoms. The fourth-order valence-corrected chi connectivity index (χ4v) is 3.72. The molecule has 0 radical (unpaired) electrons. The van der Waals surface area contributed by atoms with Crippen LogP contribution in [-0.2, 0) is 11.0 Å². The molecule has 0 saturated carbocycles. The molecule has 0 unspecified atom stereocenters. The Morgan fingerprint density at radius 3 is 2.37 bits per heavy atom. The molecule has 2 atom stereocenters. The van der Waals surface area contributed by atoms with Gasteiger partial charge in [0.2, 0.25) is 11.8 Å². The number of benzene rings is 2. The number of pyridine rings is 1. The fourth-order valence-electron chi connectivity index (χ4n) is 3.72. The fraction of sp³-hybridized carbons (Fsp3) is 0.231. The molecule has 4 N–H and O–H groups in total. The molecule has 2 heterocycles. The summed E-state index contributed by atoms with van der Waals surface area (Å²) in [7, 11) is 1.31. The van der Waals surface area contributed by atoms with Gasteiger partial charge in [0.05, 0.1) is 13.2 Å². The molecule has 38 heavy (non-hydrogen) atoms. The number of carbonyl (C=O) groups is 2. The molecule has 0 fully saturated rings. The van der Waals surface area contributed by atoms with E-state index in [2.05, 4.69) is 20.6 Å². The van der Waals surface area contributed by atoms with E-state index in [0.29, 0.717) is 5.69 Å². The number of hydrogen-bond acceptors (Lipinski definition) is 7. The van der Waals surface area contributed by atoms with Crippen LogP contribution in [0.15, 0.2) is 59.0 Å². The molecule has 4 aromatic rings. The Morgan fingerprint density at radius 2 is 1.74 bits per heavy atom. The third-order valence-electron chi connectivity index (χ3n) is 5.63. The van der Waals surface area contributed by atoms with Crippen LogP contribution in [0.2, 0.25) is 0 Å². The second-order valence-electron chi connectivity index (χ2n) is 8.48. The monoisotopic (exact) mass is 527 g/mol. The summed E-state index contributed by atoms with van der Waals surface area (Å²) in [6, 6.07) is 12.1. The standard InChI is InChI=1S/C26H24F3N5O4/c1-13(30)22-21(24(36)31-14(2)23(35)32-15-7-5-4-6-8-15)34-25(38-22)17-9-11-18(37-3)20-16(17)10-12-19(33-20)26(27,28)29/h4-14H,30H2,1-3H3,(H,31,36)(H,32,35)/t13-,14+/m0/s1. The van der Waals surface area contributed by atoms with E-state index in [9.17, 15) is 22.8 Å². The summed E-state index contributed by atoms with van der Waals surface area (Å²) in [5.41, 5.74) is 5.55. The van der Waals surface area contributed by atoms with Gasteiger partial charge in [0.1, 0.15) is 23.0 Å². The molecular formula is C26H24F3N5O4. The number of nitrogens with zero attached hydrogens (tertiary/aromatic N) is 2. The van der Waals surface area contributed by atoms with Gasteiger partial charge in [-0.3, -0.25) is 9.59 Å². The molecule has 2 aromatic carbocycles. The van der Waals surface area contributed by atoms with Crippen molar-refractivity contribution in [3.8, 4) is 17.2 Å². The number of hydrogen-bond donors (Lipinski definition) is 3. The molecule has 0 aliphatic rings. The third-order valence-corrected chi connectivity index (χ3v) is 5.63. The lowest BCUT2D eigenvalue weighted by molar-refractivity contribution is -0.141. The Hall–Kier alpha value is -4.45. The lowest BCUT2D eigenvalue weighted by Crippen LogP contribution is -2.42. The largest absolute Gasteiger partial charge is 0.494 e. The van der Waals surface area contributed by atoms with Crippen LogP contribution < -0.4 is 21.1 Å². The normalized spacial score (nSPS) is 13.1. The van der Waals surface area contributed by atoms with Crippen LogP contribution in [0.3, 0.4) is 0 Å². The van der Waals surface area contributed by atoms with Crippen LogP contribution >= 0.6 is 0 Å². The third kappa shape index (κ3) is 5.44. The first-order valence-corrected chi connectivity index (χ1v) is 11.5. The Bertz CT molecular complexity index is 1490. The first-order valence-electron chi connectivity index (χ1n) is 11.5. The Morgan fingerprint density at radius 1 is 1.03 bits per heavy atom. The van der Waals surface area contributed by atoms with Gasteiger partial charge in [-0.25, -0.2) is 9.97 Å². The number of aromatic nitrogens is 2. The average molecular weight is 528 g/mol. The van der Waals surface area contributed by atoms with Crippen molar-refractivity contribution >= 4 is 28.4 Å². The van der Waals surface area contributed by atoms with E-state index in [1.54, 1.807) is 37.3 Å². The van der Waals surface area contributed by atoms with E-state index < -0.39 is 35.8 Å². The summed E-state index contributed by atoms with van der Waals surface area (Å²) >= 11 is 0. The Balaban J connectivity index is 1.68. The van der Waals surface area contributed by atoms with Crippen LogP contribution in [-0.4, -0.2) is 34.9 Å². The van der Waals surface area contributed by atoms with Crippen LogP contribution in [0, 0.1) is 0 Å². The first kappa shape index (κ1) is 26.6. The molecule has 12 heteroatoms. The smallest absolute Gasteiger partial charge is 0.433 e. The zero-order valence-corrected chi connectivity index (χ0v) is 20.6. The topological polar surface area (TPSA) is 132 Å². The second-order valence-corrected chi connectivity index (χ2v) is 8.48. The average Bonchev–Trinajstić information content (AvgIpc) is 3.33. The maximum Gasteiger partial charge on any atom is 0.433 e. The van der Waals surface area contributed by atoms with Gasteiger partial charge in [0.25, 0.3) is 5.91 Å². The van der Waals surface area contributed by atoms with Crippen molar-refractivity contribution in [1.82, 2.24) is 15.3 Å². The molecule has 0 aliphatic carbocycles. The van der Waals surface area contributed by atoms with E-state index in [0.717, 1.165) is 6.07 Å². The minimum atomic E-state index is -4.66. The first-order chi connectivity index (χ1) is 18.0. The number of alkyl halides is 3. The molecule has 2 amide bonds. The summed E-state index contributed by atoms with van der Waals surface area (Å²) in [6.45, 7) is 3.08. The van der Waals surface area contributed by atoms with Gasteiger partial charge in [0, 0.05) is 16.6 Å². The lowest BCUT2D eigenvalue weighted by atomic mass is 10.1. The zero-order chi connectivity index (χ0) is 27.6. The number of para-hydroxylation sites is 1. The molecule has 4 rings (SSSR count). The number of oxazole rings is 1. The van der Waals surface area contributed by atoms with Crippen molar-refractivity contribution in [2.45, 2.75) is 32.1 Å². The van der Waals surface area contributed by atoms with Crippen LogP contribution in [0.1, 0.15) is 41.8 Å². The summed E-state index contributed by atoms with van der Waals surface area (Å²) in [5.74, 6) is -1.07. The number of carbonyl (C=O) groups excluding carboxylic acids is 2. The van der Waals surface area contributed by atoms with Crippen molar-refractivity contribution in [3.05, 3.63) is 71.7 Å². The predicted octanol–water partition coefficient (Wildman–Crippen LogP) is 4.69. The maximum absolute atomic E-state index is 13.3. The van der Waals surface area contributed by atoms with Crippen LogP contribution in [0.25, 0.3) is 22.4 Å². The number of methoxy groups -OCH3 is 1. The van der Waals surface area contributed by atoms with E-state index in [1.807, 2.05) is 0 Å². The highest BCUT2D eigenvalue weighted by Gasteiger charge is 2.33. The Kier molecular flexibility index (Phi) is 7.35. The minimum Gasteiger partial charge on any atom is -0.494 e. The van der Waals surface area contributed by atoms with Crippen LogP contribution in [0.4, 0.5) is 18.9 Å². The number of rotatable bonds is 7. The molecule has 2 aromatic heterocycles. The summed E-state index contributed by atoms with van der Waals surface area (Å²) < 4.78 is 50.8. The second kappa shape index (κ2) is 10.5. The number of amides is 2. The molecular weight excluding hydrogens is 503 g/mol. The van der Waals surface area contributed by atoms with Crippen molar-refractivity contribution in [2.24, 2.45) is 5.73 Å². The maximum atomic E-state index is 13.3. The van der Waals surface area contributed by atoms with Gasteiger partial charge in [-0.05, 0) is 50.2 Å². The van der Waals surface area contributed by atoms with Gasteiger partial charge >= 0.3 is 6.18 Å². The number of halogens is 3. The highest BCUT2D eigenvalue weighted by molar-refractivity contribution is 6.01. The van der Waals surface area contributed by atoms with Gasteiger partial charge in [-0.15, -0.1) is 0 Å². The van der Waals surface area contributed by atoms with E-state index >= 15 is 0 Å². The summed E-state index contributed by atoms with van der Waals surface area (Å²) in [6.07, 6.45) is -4.66. The van der Waals surface area contributed by atoms with Gasteiger partial charge in [0.15, 0.2) is 11.5 Å². The molecule has 0 spiro atoms. The van der Waals surface area contributed by atoms with E-state index in [1.165, 1.54) is 32.2 Å². The molecule has 9 nitrogen and oxygen atoms in total. The summed E-state index contributed by atoms with van der Waals surface area (Å²) in [5, 5.41) is 5.52. The highest BCUT2D eigenvalue weighted by Crippen LogP contribution is 2.37. The van der Waals surface area contributed by atoms with Gasteiger partial charge in [-0.1, -0.05) is 18.2 Å². The van der Waals surface area contributed by atoms with Crippen molar-refractivity contribution in [3.63, 3.8) is 0 Å². The quantitative estimate of drug-likeness (QED) is 0.318. The number of nitrogens with two attached hydrogens (primary N) is 1. The molecule has 0 aliphatic heterocycles.